The number of rotatable bonds is 4. The number of carboxylic acid groups (broad SMARTS) is 1. The number of carbonyl (C=O) groups is 1. The van der Waals surface area contributed by atoms with Gasteiger partial charge in [0.15, 0.2) is 6.71 Å². The van der Waals surface area contributed by atoms with Crippen molar-refractivity contribution in [2.24, 2.45) is 11.7 Å². The van der Waals surface area contributed by atoms with Crippen LogP contribution in [0.15, 0.2) is 11.7 Å². The van der Waals surface area contributed by atoms with E-state index in [4.69, 9.17) is 10.8 Å². The number of hydrogen-bond donors (Lipinski definition) is 3. The summed E-state index contributed by atoms with van der Waals surface area (Å²) in [6.07, 6.45) is 10.6. The molecule has 3 rings (SSSR count). The molecule has 0 radical (unpaired) electrons. The van der Waals surface area contributed by atoms with Gasteiger partial charge in [-0.1, -0.05) is 31.6 Å². The third kappa shape index (κ3) is 3.63. The van der Waals surface area contributed by atoms with Crippen LogP contribution in [0.1, 0.15) is 57.8 Å². The molecule has 2 aliphatic heterocycles. The highest BCUT2D eigenvalue weighted by Gasteiger charge is 2.38. The predicted octanol–water partition coefficient (Wildman–Crippen LogP) is 2.35. The third-order valence-electron chi connectivity index (χ3n) is 5.65. The van der Waals surface area contributed by atoms with E-state index in [9.17, 15) is 4.79 Å². The van der Waals surface area contributed by atoms with Crippen LogP contribution in [0.3, 0.4) is 0 Å². The van der Waals surface area contributed by atoms with E-state index in [1.54, 1.807) is 0 Å². The minimum absolute atomic E-state index is 0.00889. The Labute approximate surface area is 127 Å². The molecule has 3 aliphatic rings. The molecule has 1 saturated carbocycles. The van der Waals surface area contributed by atoms with E-state index in [1.165, 1.54) is 25.0 Å². The molecule has 0 aromatic rings. The van der Waals surface area contributed by atoms with Gasteiger partial charge >= 0.3 is 5.97 Å². The van der Waals surface area contributed by atoms with Crippen molar-refractivity contribution in [1.82, 2.24) is 5.32 Å². The van der Waals surface area contributed by atoms with Crippen LogP contribution in [0.2, 0.25) is 6.32 Å². The Bertz CT molecular complexity index is 432. The molecule has 0 aromatic carbocycles. The second-order valence-corrected chi connectivity index (χ2v) is 7.48. The lowest BCUT2D eigenvalue weighted by atomic mass is 9.38. The first-order valence-corrected chi connectivity index (χ1v) is 8.52. The molecule has 0 bridgehead atoms. The number of hydrogen-bond acceptors (Lipinski definition) is 3. The molecule has 1 saturated heterocycles. The first-order valence-electron chi connectivity index (χ1n) is 8.52. The smallest absolute Gasteiger partial charge is 0.303 e. The second-order valence-electron chi connectivity index (χ2n) is 7.48. The predicted molar refractivity (Wildman–Crippen MR) is 85.2 cm³/mol. The summed E-state index contributed by atoms with van der Waals surface area (Å²) in [5.41, 5.74) is 7.88. The minimum atomic E-state index is -0.656. The third-order valence-corrected chi connectivity index (χ3v) is 5.65. The van der Waals surface area contributed by atoms with Crippen LogP contribution in [0.25, 0.3) is 0 Å². The van der Waals surface area contributed by atoms with Crippen LogP contribution in [0, 0.1) is 5.92 Å². The van der Waals surface area contributed by atoms with E-state index in [0.29, 0.717) is 25.0 Å². The van der Waals surface area contributed by atoms with E-state index < -0.39 is 5.97 Å². The van der Waals surface area contributed by atoms with Crippen LogP contribution >= 0.6 is 0 Å². The number of nitrogens with two attached hydrogens (primary N) is 1. The molecule has 2 fully saturated rings. The van der Waals surface area contributed by atoms with Crippen molar-refractivity contribution in [2.75, 3.05) is 0 Å². The van der Waals surface area contributed by atoms with Gasteiger partial charge in [-0.15, -0.1) is 0 Å². The molecule has 2 unspecified atom stereocenters. The maximum atomic E-state index is 10.9. The van der Waals surface area contributed by atoms with Crippen molar-refractivity contribution < 1.29 is 9.90 Å². The average molecular weight is 290 g/mol. The summed E-state index contributed by atoms with van der Waals surface area (Å²) < 4.78 is 0. The van der Waals surface area contributed by atoms with Gasteiger partial charge in [0.25, 0.3) is 0 Å². The molecule has 1 aliphatic carbocycles. The quantitative estimate of drug-likeness (QED) is 0.695. The van der Waals surface area contributed by atoms with Crippen molar-refractivity contribution >= 4 is 12.7 Å². The van der Waals surface area contributed by atoms with Crippen molar-refractivity contribution in [2.45, 2.75) is 75.6 Å². The Morgan fingerprint density at radius 2 is 2.14 bits per heavy atom. The number of carboxylic acids is 1. The molecule has 2 heterocycles. The Balaban J connectivity index is 1.58. The highest BCUT2D eigenvalue weighted by Crippen LogP contribution is 2.35. The lowest BCUT2D eigenvalue weighted by Crippen LogP contribution is -2.44. The SMILES string of the molecule is NC1(CC2=CB3CC(CC(=O)O)CCC3N2)CCCCC1. The Morgan fingerprint density at radius 1 is 1.38 bits per heavy atom. The summed E-state index contributed by atoms with van der Waals surface area (Å²) in [5, 5.41) is 12.6. The molecule has 2 atom stereocenters. The highest BCUT2D eigenvalue weighted by atomic mass is 16.4. The second kappa shape index (κ2) is 6.03. The van der Waals surface area contributed by atoms with Crippen molar-refractivity contribution in [3.05, 3.63) is 11.7 Å². The topological polar surface area (TPSA) is 75.4 Å². The van der Waals surface area contributed by atoms with Crippen LogP contribution in [0.5, 0.6) is 0 Å². The summed E-state index contributed by atoms with van der Waals surface area (Å²) in [7, 11) is 0. The molecule has 116 valence electrons. The van der Waals surface area contributed by atoms with Gasteiger partial charge in [-0.05, 0) is 37.3 Å². The van der Waals surface area contributed by atoms with Gasteiger partial charge in [0.05, 0.1) is 0 Å². The lowest BCUT2D eigenvalue weighted by Gasteiger charge is -2.34. The van der Waals surface area contributed by atoms with Crippen molar-refractivity contribution in [3.8, 4) is 0 Å². The molecule has 0 aromatic heterocycles. The molecule has 5 heteroatoms. The molecule has 4 nitrogen and oxygen atoms in total. The monoisotopic (exact) mass is 290 g/mol. The highest BCUT2D eigenvalue weighted by molar-refractivity contribution is 6.67. The zero-order valence-corrected chi connectivity index (χ0v) is 12.8. The zero-order chi connectivity index (χ0) is 14.9. The Morgan fingerprint density at radius 3 is 2.86 bits per heavy atom. The fraction of sp³-hybridized carbons (Fsp3) is 0.812. The minimum Gasteiger partial charge on any atom is -0.481 e. The summed E-state index contributed by atoms with van der Waals surface area (Å²) in [6.45, 7) is 0.519. The van der Waals surface area contributed by atoms with Crippen molar-refractivity contribution in [3.63, 3.8) is 0 Å². The van der Waals surface area contributed by atoms with Crippen LogP contribution in [-0.2, 0) is 4.79 Å². The number of nitrogens with one attached hydrogen (secondary N) is 1. The largest absolute Gasteiger partial charge is 0.481 e. The van der Waals surface area contributed by atoms with E-state index >= 15 is 0 Å². The normalized spacial score (nSPS) is 31.3. The Hall–Kier alpha value is -0.965. The lowest BCUT2D eigenvalue weighted by molar-refractivity contribution is -0.138. The summed E-state index contributed by atoms with van der Waals surface area (Å²) in [4.78, 5) is 10.9. The molecule has 21 heavy (non-hydrogen) atoms. The van der Waals surface area contributed by atoms with Crippen LogP contribution < -0.4 is 11.1 Å². The summed E-state index contributed by atoms with van der Waals surface area (Å²) in [5.74, 6) is 2.58. The van der Waals surface area contributed by atoms with Gasteiger partial charge in [0.2, 0.25) is 0 Å². The van der Waals surface area contributed by atoms with Crippen LogP contribution in [0.4, 0.5) is 0 Å². The molecule has 0 amide bonds. The van der Waals surface area contributed by atoms with Gasteiger partial charge in [0.1, 0.15) is 0 Å². The molecular formula is C16H27BN2O2. The molecule has 4 N–H and O–H groups in total. The fourth-order valence-corrected chi connectivity index (χ4v) is 4.56. The first-order chi connectivity index (χ1) is 10.0. The van der Waals surface area contributed by atoms with E-state index in [1.807, 2.05) is 0 Å². The average Bonchev–Trinajstić information content (AvgIpc) is 2.79. The van der Waals surface area contributed by atoms with E-state index in [2.05, 4.69) is 11.3 Å². The standard InChI is InChI=1S/C16H27BN2O2/c18-16(6-2-1-3-7-16)9-13-11-17-10-12(8-15(20)21)4-5-14(17)19-13/h11-12,14,19H,1-10,18H2,(H,20,21). The fourth-order valence-electron chi connectivity index (χ4n) is 4.56. The molecule has 0 spiro atoms. The molecular weight excluding hydrogens is 263 g/mol. The van der Waals surface area contributed by atoms with Gasteiger partial charge in [0, 0.05) is 24.3 Å². The summed E-state index contributed by atoms with van der Waals surface area (Å²) in [6, 6.07) is 0. The van der Waals surface area contributed by atoms with Gasteiger partial charge in [-0.25, -0.2) is 0 Å². The van der Waals surface area contributed by atoms with Gasteiger partial charge in [-0.3, -0.25) is 4.79 Å². The zero-order valence-electron chi connectivity index (χ0n) is 12.8. The van der Waals surface area contributed by atoms with Gasteiger partial charge < -0.3 is 16.2 Å². The number of fused-ring (bicyclic) bond motifs is 1. The first kappa shape index (κ1) is 15.0. The van der Waals surface area contributed by atoms with E-state index in [0.717, 1.165) is 38.4 Å². The maximum absolute atomic E-state index is 10.9. The number of aliphatic carboxylic acids is 1. The van der Waals surface area contributed by atoms with Crippen LogP contribution in [-0.4, -0.2) is 29.3 Å². The van der Waals surface area contributed by atoms with E-state index in [-0.39, 0.29) is 5.54 Å². The Kier molecular flexibility index (Phi) is 4.30. The van der Waals surface area contributed by atoms with Crippen molar-refractivity contribution in [1.29, 1.82) is 0 Å². The summed E-state index contributed by atoms with van der Waals surface area (Å²) >= 11 is 0. The van der Waals surface area contributed by atoms with Gasteiger partial charge in [-0.2, -0.15) is 0 Å². The maximum Gasteiger partial charge on any atom is 0.303 e.